The molecule has 0 aliphatic carbocycles. The smallest absolute Gasteiger partial charge is 0.373 e. The van der Waals surface area contributed by atoms with E-state index in [0.717, 1.165) is 47.5 Å². The van der Waals surface area contributed by atoms with E-state index in [1.807, 2.05) is 12.1 Å². The number of benzene rings is 2. The summed E-state index contributed by atoms with van der Waals surface area (Å²) < 4.78 is 17.1. The summed E-state index contributed by atoms with van der Waals surface area (Å²) in [7, 11) is 0. The second kappa shape index (κ2) is 21.2. The highest BCUT2D eigenvalue weighted by atomic mass is 16.5. The van der Waals surface area contributed by atoms with Crippen LogP contribution in [-0.4, -0.2) is 0 Å². The van der Waals surface area contributed by atoms with Crippen molar-refractivity contribution in [1.82, 2.24) is 0 Å². The third-order valence-corrected chi connectivity index (χ3v) is 8.79. The number of hydrogen-bond donors (Lipinski definition) is 0. The van der Waals surface area contributed by atoms with Gasteiger partial charge in [0.05, 0.1) is 12.1 Å². The fraction of sp³-hybridized carbons (Fsp3) is 0.476. The SMILES string of the molecule is CCCCCCCCCC[n+]1ccccc1Oc1ccc(-c2ccc(Oc3cccc[n+]3CCCCCCCCCC)cc2)cc1. The van der Waals surface area contributed by atoms with Gasteiger partial charge in [0.25, 0.3) is 0 Å². The van der Waals surface area contributed by atoms with Crippen LogP contribution in [0.3, 0.4) is 0 Å². The molecule has 0 unspecified atom stereocenters. The molecule has 46 heavy (non-hydrogen) atoms. The lowest BCUT2D eigenvalue weighted by molar-refractivity contribution is -0.701. The van der Waals surface area contributed by atoms with Crippen molar-refractivity contribution in [2.24, 2.45) is 0 Å². The minimum atomic E-state index is 0.852. The highest BCUT2D eigenvalue weighted by Gasteiger charge is 2.14. The second-order valence-electron chi connectivity index (χ2n) is 12.7. The first-order valence-corrected chi connectivity index (χ1v) is 18.3. The van der Waals surface area contributed by atoms with Crippen molar-refractivity contribution < 1.29 is 18.6 Å². The van der Waals surface area contributed by atoms with E-state index in [4.69, 9.17) is 9.47 Å². The van der Waals surface area contributed by atoms with Crippen molar-refractivity contribution in [2.75, 3.05) is 0 Å². The van der Waals surface area contributed by atoms with Crippen molar-refractivity contribution in [3.05, 3.63) is 97.3 Å². The first-order chi connectivity index (χ1) is 22.8. The lowest BCUT2D eigenvalue weighted by Crippen LogP contribution is -2.34. The molecule has 4 heteroatoms. The van der Waals surface area contributed by atoms with Gasteiger partial charge in [0, 0.05) is 25.0 Å². The van der Waals surface area contributed by atoms with E-state index in [1.54, 1.807) is 0 Å². The fourth-order valence-electron chi connectivity index (χ4n) is 5.98. The zero-order valence-electron chi connectivity index (χ0n) is 28.7. The Labute approximate surface area is 279 Å². The number of ether oxygens (including phenoxy) is 2. The maximum absolute atomic E-state index is 6.32. The van der Waals surface area contributed by atoms with Crippen molar-refractivity contribution in [1.29, 1.82) is 0 Å². The summed E-state index contributed by atoms with van der Waals surface area (Å²) in [4.78, 5) is 0. The summed E-state index contributed by atoms with van der Waals surface area (Å²) in [5.74, 6) is 3.48. The summed E-state index contributed by atoms with van der Waals surface area (Å²) in [6.07, 6.45) is 25.4. The van der Waals surface area contributed by atoms with E-state index in [2.05, 4.69) is 108 Å². The molecule has 2 aromatic heterocycles. The quantitative estimate of drug-likeness (QED) is 0.0607. The van der Waals surface area contributed by atoms with Gasteiger partial charge in [-0.3, -0.25) is 0 Å². The molecule has 2 aromatic carbocycles. The first-order valence-electron chi connectivity index (χ1n) is 18.3. The van der Waals surface area contributed by atoms with Crippen LogP contribution in [0.25, 0.3) is 11.1 Å². The Morgan fingerprint density at radius 2 is 0.739 bits per heavy atom. The van der Waals surface area contributed by atoms with Crippen LogP contribution in [0.1, 0.15) is 117 Å². The fourth-order valence-corrected chi connectivity index (χ4v) is 5.98. The van der Waals surface area contributed by atoms with Crippen LogP contribution in [0.2, 0.25) is 0 Å². The predicted molar refractivity (Wildman–Crippen MR) is 191 cm³/mol. The molecule has 0 bridgehead atoms. The van der Waals surface area contributed by atoms with Gasteiger partial charge in [0.1, 0.15) is 11.5 Å². The summed E-state index contributed by atoms with van der Waals surface area (Å²) in [5.41, 5.74) is 2.31. The summed E-state index contributed by atoms with van der Waals surface area (Å²) in [5, 5.41) is 0. The van der Waals surface area contributed by atoms with Crippen LogP contribution in [0.5, 0.6) is 23.3 Å². The van der Waals surface area contributed by atoms with E-state index >= 15 is 0 Å². The molecule has 0 atom stereocenters. The van der Waals surface area contributed by atoms with Crippen LogP contribution in [0.15, 0.2) is 97.3 Å². The normalized spacial score (nSPS) is 11.1. The molecule has 0 aliphatic heterocycles. The van der Waals surface area contributed by atoms with Crippen molar-refractivity contribution >= 4 is 0 Å². The van der Waals surface area contributed by atoms with Gasteiger partial charge in [-0.25, -0.2) is 0 Å². The summed E-state index contributed by atoms with van der Waals surface area (Å²) in [6.45, 7) is 6.52. The summed E-state index contributed by atoms with van der Waals surface area (Å²) in [6, 6.07) is 29.2. The largest absolute Gasteiger partial charge is 0.405 e. The molecule has 246 valence electrons. The zero-order chi connectivity index (χ0) is 32.1. The van der Waals surface area contributed by atoms with Crippen molar-refractivity contribution in [2.45, 2.75) is 130 Å². The third-order valence-electron chi connectivity index (χ3n) is 8.79. The van der Waals surface area contributed by atoms with E-state index in [0.29, 0.717) is 0 Å². The van der Waals surface area contributed by atoms with E-state index in [-0.39, 0.29) is 0 Å². The van der Waals surface area contributed by atoms with E-state index < -0.39 is 0 Å². The highest BCUT2D eigenvalue weighted by molar-refractivity contribution is 5.65. The van der Waals surface area contributed by atoms with Crippen LogP contribution < -0.4 is 18.6 Å². The molecule has 0 amide bonds. The van der Waals surface area contributed by atoms with Gasteiger partial charge >= 0.3 is 11.8 Å². The van der Waals surface area contributed by atoms with Crippen LogP contribution in [-0.2, 0) is 13.1 Å². The Morgan fingerprint density at radius 3 is 1.11 bits per heavy atom. The minimum absolute atomic E-state index is 0.852. The van der Waals surface area contributed by atoms with Gasteiger partial charge in [-0.05, 0) is 60.4 Å². The lowest BCUT2D eigenvalue weighted by Gasteiger charge is -2.09. The maximum atomic E-state index is 6.32. The van der Waals surface area contributed by atoms with Crippen LogP contribution >= 0.6 is 0 Å². The average Bonchev–Trinajstić information content (AvgIpc) is 3.09. The molecule has 0 saturated carbocycles. The molecule has 4 nitrogen and oxygen atoms in total. The number of nitrogens with zero attached hydrogens (tertiary/aromatic N) is 2. The van der Waals surface area contributed by atoms with E-state index in [9.17, 15) is 0 Å². The molecule has 2 heterocycles. The third kappa shape index (κ3) is 12.6. The van der Waals surface area contributed by atoms with Crippen molar-refractivity contribution in [3.63, 3.8) is 0 Å². The predicted octanol–water partition coefficient (Wildman–Crippen LogP) is 11.8. The molecule has 4 rings (SSSR count). The lowest BCUT2D eigenvalue weighted by atomic mass is 10.1. The van der Waals surface area contributed by atoms with Gasteiger partial charge in [-0.2, -0.15) is 9.13 Å². The molecule has 0 fully saturated rings. The Bertz CT molecular complexity index is 1260. The Kier molecular flexibility index (Phi) is 16.2. The highest BCUT2D eigenvalue weighted by Crippen LogP contribution is 2.27. The van der Waals surface area contributed by atoms with Crippen LogP contribution in [0.4, 0.5) is 0 Å². The molecular weight excluding hydrogens is 564 g/mol. The molecule has 0 spiro atoms. The minimum Gasteiger partial charge on any atom is -0.405 e. The number of aryl methyl sites for hydroxylation is 2. The van der Waals surface area contributed by atoms with E-state index in [1.165, 1.54) is 103 Å². The topological polar surface area (TPSA) is 26.2 Å². The maximum Gasteiger partial charge on any atom is 0.373 e. The molecular formula is C42H58N2O2+2. The number of hydrogen-bond acceptors (Lipinski definition) is 2. The van der Waals surface area contributed by atoms with Gasteiger partial charge < -0.3 is 9.47 Å². The van der Waals surface area contributed by atoms with Gasteiger partial charge in [0.2, 0.25) is 0 Å². The average molecular weight is 623 g/mol. The van der Waals surface area contributed by atoms with Crippen LogP contribution in [0, 0.1) is 0 Å². The second-order valence-corrected chi connectivity index (χ2v) is 12.7. The van der Waals surface area contributed by atoms with Crippen molar-refractivity contribution in [3.8, 4) is 34.4 Å². The monoisotopic (exact) mass is 622 g/mol. The Hall–Kier alpha value is -3.66. The molecule has 0 saturated heterocycles. The number of pyridine rings is 2. The van der Waals surface area contributed by atoms with Gasteiger partial charge in [-0.1, -0.05) is 115 Å². The number of aromatic nitrogens is 2. The Balaban J connectivity index is 1.24. The van der Waals surface area contributed by atoms with Gasteiger partial charge in [0.15, 0.2) is 25.5 Å². The number of rotatable bonds is 23. The standard InChI is InChI=1S/C42H58N2O2/c1-3-5-7-9-11-13-15-19-33-43-35-21-17-23-41(43)45-39-29-25-37(26-30-39)38-27-31-40(32-28-38)46-42-24-18-22-36-44(42)34-20-16-14-12-10-8-6-4-2/h17-18,21-32,35-36H,3-16,19-20,33-34H2,1-2H3/q+2. The number of unbranched alkanes of at least 4 members (excludes halogenated alkanes) is 14. The Morgan fingerprint density at radius 1 is 0.391 bits per heavy atom. The summed E-state index contributed by atoms with van der Waals surface area (Å²) >= 11 is 0. The first kappa shape index (κ1) is 35.2. The molecule has 0 N–H and O–H groups in total. The van der Waals surface area contributed by atoms with Gasteiger partial charge in [-0.15, -0.1) is 0 Å². The molecule has 0 aliphatic rings. The zero-order valence-corrected chi connectivity index (χ0v) is 28.7. The molecule has 4 aromatic rings. The molecule has 0 radical (unpaired) electrons.